The second-order valence-electron chi connectivity index (χ2n) is 5.44. The second-order valence-corrected chi connectivity index (χ2v) is 5.88. The van der Waals surface area contributed by atoms with Gasteiger partial charge in [0.05, 0.1) is 31.2 Å². The van der Waals surface area contributed by atoms with Crippen LogP contribution in [0.2, 0.25) is 5.02 Å². The third-order valence-electron chi connectivity index (χ3n) is 3.87. The van der Waals surface area contributed by atoms with Crippen molar-refractivity contribution in [3.63, 3.8) is 0 Å². The molecule has 1 aliphatic heterocycles. The third-order valence-corrected chi connectivity index (χ3v) is 4.12. The van der Waals surface area contributed by atoms with E-state index in [4.69, 9.17) is 21.1 Å². The van der Waals surface area contributed by atoms with Crippen LogP contribution in [0.4, 0.5) is 5.69 Å². The predicted molar refractivity (Wildman–Crippen MR) is 99.6 cm³/mol. The molecule has 0 N–H and O–H groups in total. The first-order chi connectivity index (χ1) is 12.0. The van der Waals surface area contributed by atoms with Gasteiger partial charge in [0, 0.05) is 10.6 Å². The Morgan fingerprint density at radius 2 is 1.80 bits per heavy atom. The smallest absolute Gasteiger partial charge is 0.280 e. The van der Waals surface area contributed by atoms with Crippen molar-refractivity contribution in [3.05, 3.63) is 58.6 Å². The number of nitrogens with zero attached hydrogens (tertiary/aromatic N) is 2. The predicted octanol–water partition coefficient (Wildman–Crippen LogP) is 4.16. The molecular weight excluding hydrogens is 340 g/mol. The van der Waals surface area contributed by atoms with E-state index < -0.39 is 0 Å². The average molecular weight is 357 g/mol. The molecule has 0 saturated heterocycles. The van der Waals surface area contributed by atoms with Gasteiger partial charge in [-0.25, -0.2) is 0 Å². The minimum Gasteiger partial charge on any atom is -0.497 e. The van der Waals surface area contributed by atoms with Gasteiger partial charge in [0.2, 0.25) is 0 Å². The fourth-order valence-electron chi connectivity index (χ4n) is 2.55. The van der Waals surface area contributed by atoms with Gasteiger partial charge in [-0.05, 0) is 55.5 Å². The van der Waals surface area contributed by atoms with E-state index in [9.17, 15) is 4.79 Å². The van der Waals surface area contributed by atoms with E-state index in [-0.39, 0.29) is 5.91 Å². The van der Waals surface area contributed by atoms with Crippen molar-refractivity contribution in [3.8, 4) is 11.5 Å². The number of rotatable bonds is 4. The Balaban J connectivity index is 1.99. The Hall–Kier alpha value is -2.79. The zero-order chi connectivity index (χ0) is 18.0. The summed E-state index contributed by atoms with van der Waals surface area (Å²) in [6.45, 7) is 1.80. The van der Waals surface area contributed by atoms with E-state index >= 15 is 0 Å². The van der Waals surface area contributed by atoms with Crippen LogP contribution < -0.4 is 14.5 Å². The number of anilines is 1. The van der Waals surface area contributed by atoms with E-state index in [1.54, 1.807) is 63.6 Å². The number of benzene rings is 2. The van der Waals surface area contributed by atoms with Gasteiger partial charge in [0.15, 0.2) is 0 Å². The van der Waals surface area contributed by atoms with Crippen molar-refractivity contribution in [1.29, 1.82) is 0 Å². The Morgan fingerprint density at radius 3 is 2.44 bits per heavy atom. The van der Waals surface area contributed by atoms with Crippen LogP contribution in [0.1, 0.15) is 12.5 Å². The largest absolute Gasteiger partial charge is 0.497 e. The maximum Gasteiger partial charge on any atom is 0.280 e. The first kappa shape index (κ1) is 17.0. The molecule has 1 heterocycles. The number of halogens is 1. The van der Waals surface area contributed by atoms with Crippen LogP contribution >= 0.6 is 11.6 Å². The maximum atomic E-state index is 12.8. The van der Waals surface area contributed by atoms with Gasteiger partial charge in [-0.1, -0.05) is 11.6 Å². The summed E-state index contributed by atoms with van der Waals surface area (Å²) in [5.74, 6) is 1.13. The second kappa shape index (κ2) is 6.99. The molecule has 0 radical (unpaired) electrons. The van der Waals surface area contributed by atoms with Crippen molar-refractivity contribution in [2.75, 3.05) is 19.2 Å². The van der Waals surface area contributed by atoms with E-state index in [2.05, 4.69) is 5.10 Å². The van der Waals surface area contributed by atoms with Gasteiger partial charge in [-0.3, -0.25) is 4.79 Å². The van der Waals surface area contributed by atoms with Crippen LogP contribution in [-0.2, 0) is 4.79 Å². The molecule has 1 aliphatic rings. The molecule has 2 aromatic rings. The molecule has 0 unspecified atom stereocenters. The Bertz CT molecular complexity index is 873. The average Bonchev–Trinajstić information content (AvgIpc) is 2.90. The first-order valence-corrected chi connectivity index (χ1v) is 8.00. The summed E-state index contributed by atoms with van der Waals surface area (Å²) in [7, 11) is 3.18. The summed E-state index contributed by atoms with van der Waals surface area (Å²) in [5, 5.41) is 6.33. The summed E-state index contributed by atoms with van der Waals surface area (Å²) < 4.78 is 10.6. The van der Waals surface area contributed by atoms with Gasteiger partial charge in [0.25, 0.3) is 5.91 Å². The van der Waals surface area contributed by atoms with Gasteiger partial charge in [-0.15, -0.1) is 0 Å². The Kier molecular flexibility index (Phi) is 4.76. The lowest BCUT2D eigenvalue weighted by Gasteiger charge is -2.12. The number of hydrogen-bond acceptors (Lipinski definition) is 4. The third kappa shape index (κ3) is 3.37. The van der Waals surface area contributed by atoms with E-state index in [0.29, 0.717) is 33.5 Å². The van der Waals surface area contributed by atoms with Crippen LogP contribution in [-0.4, -0.2) is 25.8 Å². The Labute approximate surface area is 151 Å². The molecule has 0 atom stereocenters. The van der Waals surface area contributed by atoms with Crippen molar-refractivity contribution in [2.24, 2.45) is 5.10 Å². The van der Waals surface area contributed by atoms with Crippen molar-refractivity contribution in [2.45, 2.75) is 6.92 Å². The standard InChI is InChI=1S/C19H17ClN2O3/c1-12-17(11-13-10-16(24-2)8-9-18(13)25-3)19(23)22(21-12)15-6-4-14(20)5-7-15/h4-11H,1-3H3/b17-11+. The maximum absolute atomic E-state index is 12.8. The topological polar surface area (TPSA) is 51.1 Å². The van der Waals surface area contributed by atoms with Crippen LogP contribution in [0.3, 0.4) is 0 Å². The number of carbonyl (C=O) groups excluding carboxylic acids is 1. The van der Waals surface area contributed by atoms with E-state index in [1.165, 1.54) is 5.01 Å². The van der Waals surface area contributed by atoms with Crippen LogP contribution in [0.5, 0.6) is 11.5 Å². The molecule has 128 valence electrons. The fraction of sp³-hybridized carbons (Fsp3) is 0.158. The lowest BCUT2D eigenvalue weighted by atomic mass is 10.1. The molecule has 25 heavy (non-hydrogen) atoms. The molecule has 0 aliphatic carbocycles. The van der Waals surface area contributed by atoms with Crippen molar-refractivity contribution in [1.82, 2.24) is 0 Å². The number of hydrogen-bond donors (Lipinski definition) is 0. The number of methoxy groups -OCH3 is 2. The number of hydrazone groups is 1. The number of carbonyl (C=O) groups is 1. The molecule has 3 rings (SSSR count). The molecule has 0 bridgehead atoms. The minimum absolute atomic E-state index is 0.204. The summed E-state index contributed by atoms with van der Waals surface area (Å²) in [5.41, 5.74) is 2.54. The van der Waals surface area contributed by atoms with Crippen molar-refractivity contribution < 1.29 is 14.3 Å². The highest BCUT2D eigenvalue weighted by atomic mass is 35.5. The van der Waals surface area contributed by atoms with Crippen LogP contribution in [0.15, 0.2) is 53.1 Å². The highest BCUT2D eigenvalue weighted by Crippen LogP contribution is 2.30. The lowest BCUT2D eigenvalue weighted by Crippen LogP contribution is -2.21. The zero-order valence-electron chi connectivity index (χ0n) is 14.1. The molecule has 5 nitrogen and oxygen atoms in total. The molecule has 0 aromatic heterocycles. The lowest BCUT2D eigenvalue weighted by molar-refractivity contribution is -0.114. The van der Waals surface area contributed by atoms with E-state index in [0.717, 1.165) is 5.56 Å². The molecular formula is C19H17ClN2O3. The quantitative estimate of drug-likeness (QED) is 0.773. The van der Waals surface area contributed by atoms with Gasteiger partial charge < -0.3 is 9.47 Å². The molecule has 0 saturated carbocycles. The van der Waals surface area contributed by atoms with Crippen molar-refractivity contribution >= 4 is 35.0 Å². The number of ether oxygens (including phenoxy) is 2. The van der Waals surface area contributed by atoms with Gasteiger partial charge in [-0.2, -0.15) is 10.1 Å². The van der Waals surface area contributed by atoms with E-state index in [1.807, 2.05) is 6.07 Å². The monoisotopic (exact) mass is 356 g/mol. The highest BCUT2D eigenvalue weighted by molar-refractivity contribution is 6.32. The Morgan fingerprint density at radius 1 is 1.08 bits per heavy atom. The molecule has 6 heteroatoms. The zero-order valence-corrected chi connectivity index (χ0v) is 14.9. The summed E-state index contributed by atoms with van der Waals surface area (Å²) >= 11 is 5.90. The SMILES string of the molecule is COc1ccc(OC)c(/C=C2/C(=O)N(c3ccc(Cl)cc3)N=C2C)c1. The first-order valence-electron chi connectivity index (χ1n) is 7.63. The molecule has 1 amide bonds. The van der Waals surface area contributed by atoms with Crippen LogP contribution in [0, 0.1) is 0 Å². The van der Waals surface area contributed by atoms with Gasteiger partial charge >= 0.3 is 0 Å². The molecule has 0 spiro atoms. The summed E-state index contributed by atoms with van der Waals surface area (Å²) in [6, 6.07) is 12.4. The fourth-order valence-corrected chi connectivity index (χ4v) is 2.68. The number of amides is 1. The summed E-state index contributed by atoms with van der Waals surface area (Å²) in [6.07, 6.45) is 1.76. The molecule has 2 aromatic carbocycles. The molecule has 0 fully saturated rings. The van der Waals surface area contributed by atoms with Crippen LogP contribution in [0.25, 0.3) is 6.08 Å². The minimum atomic E-state index is -0.204. The summed E-state index contributed by atoms with van der Waals surface area (Å²) in [4.78, 5) is 12.8. The highest BCUT2D eigenvalue weighted by Gasteiger charge is 2.29. The van der Waals surface area contributed by atoms with Gasteiger partial charge in [0.1, 0.15) is 11.5 Å². The normalized spacial score (nSPS) is 15.5.